The van der Waals surface area contributed by atoms with E-state index in [1.54, 1.807) is 19.2 Å². The number of nitrogens with zero attached hydrogens (tertiary/aromatic N) is 3. The lowest BCUT2D eigenvalue weighted by atomic mass is 9.97. The number of pyridine rings is 1. The second-order valence-electron chi connectivity index (χ2n) is 6.29. The summed E-state index contributed by atoms with van der Waals surface area (Å²) < 4.78 is 10.6. The molecule has 0 aliphatic heterocycles. The zero-order valence-electron chi connectivity index (χ0n) is 16.5. The van der Waals surface area contributed by atoms with E-state index in [-0.39, 0.29) is 11.4 Å². The summed E-state index contributed by atoms with van der Waals surface area (Å²) >= 11 is 1.42. The number of ether oxygens (including phenoxy) is 2. The van der Waals surface area contributed by atoms with Crippen molar-refractivity contribution in [2.75, 3.05) is 26.1 Å². The number of nitrogens with two attached hydrogens (primary N) is 1. The fourth-order valence-electron chi connectivity index (χ4n) is 2.88. The molecule has 0 aliphatic carbocycles. The molecular formula is C23H20N4O2S. The number of anilines is 1. The van der Waals surface area contributed by atoms with Gasteiger partial charge in [-0.2, -0.15) is 10.5 Å². The van der Waals surface area contributed by atoms with Gasteiger partial charge in [0, 0.05) is 18.4 Å². The van der Waals surface area contributed by atoms with Gasteiger partial charge in [0.2, 0.25) is 0 Å². The molecule has 1 heterocycles. The summed E-state index contributed by atoms with van der Waals surface area (Å²) in [4.78, 5) is 4.34. The van der Waals surface area contributed by atoms with Gasteiger partial charge in [-0.15, -0.1) is 11.8 Å². The van der Waals surface area contributed by atoms with E-state index >= 15 is 0 Å². The van der Waals surface area contributed by atoms with Crippen molar-refractivity contribution in [3.05, 3.63) is 71.3 Å². The zero-order valence-corrected chi connectivity index (χ0v) is 17.3. The van der Waals surface area contributed by atoms with Gasteiger partial charge in [0.25, 0.3) is 0 Å². The Morgan fingerprint density at radius 2 is 1.67 bits per heavy atom. The Balaban J connectivity index is 1.97. The number of thioether (sulfide) groups is 1. The van der Waals surface area contributed by atoms with Crippen LogP contribution in [-0.2, 0) is 10.5 Å². The predicted molar refractivity (Wildman–Crippen MR) is 117 cm³/mol. The Hall–Kier alpha value is -3.52. The SMILES string of the molecule is COCCOc1ccc(-c2c(C#N)c(N)nc(SCc3ccccc3)c2C#N)cc1. The van der Waals surface area contributed by atoms with Crippen LogP contribution in [0.1, 0.15) is 16.7 Å². The highest BCUT2D eigenvalue weighted by atomic mass is 32.2. The fourth-order valence-corrected chi connectivity index (χ4v) is 3.83. The summed E-state index contributed by atoms with van der Waals surface area (Å²) in [6.45, 7) is 0.924. The number of nitrogen functional groups attached to an aromatic ring is 1. The molecule has 0 radical (unpaired) electrons. The van der Waals surface area contributed by atoms with Gasteiger partial charge in [-0.05, 0) is 23.3 Å². The largest absolute Gasteiger partial charge is 0.491 e. The summed E-state index contributed by atoms with van der Waals surface area (Å²) in [6.07, 6.45) is 0. The number of rotatable bonds is 8. The molecule has 0 atom stereocenters. The number of benzene rings is 2. The Labute approximate surface area is 179 Å². The van der Waals surface area contributed by atoms with Gasteiger partial charge < -0.3 is 15.2 Å². The van der Waals surface area contributed by atoms with Crippen molar-refractivity contribution in [2.24, 2.45) is 0 Å². The predicted octanol–water partition coefficient (Wildman–Crippen LogP) is 4.39. The molecule has 6 nitrogen and oxygen atoms in total. The first-order chi connectivity index (χ1) is 14.7. The van der Waals surface area contributed by atoms with Gasteiger partial charge in [-0.3, -0.25) is 0 Å². The minimum absolute atomic E-state index is 0.113. The Morgan fingerprint density at radius 1 is 0.967 bits per heavy atom. The molecule has 0 amide bonds. The first-order valence-electron chi connectivity index (χ1n) is 9.20. The summed E-state index contributed by atoms with van der Waals surface area (Å²) in [7, 11) is 1.61. The average Bonchev–Trinajstić information content (AvgIpc) is 2.78. The molecule has 0 saturated heterocycles. The normalized spacial score (nSPS) is 10.2. The van der Waals surface area contributed by atoms with Crippen molar-refractivity contribution < 1.29 is 9.47 Å². The fraction of sp³-hybridized carbons (Fsp3) is 0.174. The molecule has 0 fully saturated rings. The quantitative estimate of drug-likeness (QED) is 0.429. The van der Waals surface area contributed by atoms with E-state index in [4.69, 9.17) is 15.2 Å². The molecule has 0 saturated carbocycles. The maximum Gasteiger partial charge on any atom is 0.143 e. The molecule has 150 valence electrons. The minimum atomic E-state index is 0.113. The number of aromatic nitrogens is 1. The van der Waals surface area contributed by atoms with Crippen molar-refractivity contribution in [1.82, 2.24) is 4.98 Å². The second kappa shape index (κ2) is 10.3. The van der Waals surface area contributed by atoms with Crippen molar-refractivity contribution in [3.8, 4) is 29.0 Å². The summed E-state index contributed by atoms with van der Waals surface area (Å²) in [6, 6.07) is 21.4. The van der Waals surface area contributed by atoms with E-state index in [0.29, 0.717) is 46.4 Å². The van der Waals surface area contributed by atoms with Crippen LogP contribution in [0.15, 0.2) is 59.6 Å². The third kappa shape index (κ3) is 4.90. The first kappa shape index (κ1) is 21.2. The first-order valence-corrected chi connectivity index (χ1v) is 10.2. The molecule has 1 aromatic heterocycles. The monoisotopic (exact) mass is 416 g/mol. The standard InChI is InChI=1S/C23H20N4O2S/c1-28-11-12-29-18-9-7-17(8-10-18)21-19(13-24)22(26)27-23(20(21)14-25)30-15-16-5-3-2-4-6-16/h2-10H,11-12,15H2,1H3,(H2,26,27). The van der Waals surface area contributed by atoms with E-state index < -0.39 is 0 Å². The van der Waals surface area contributed by atoms with Gasteiger partial charge >= 0.3 is 0 Å². The molecule has 7 heteroatoms. The van der Waals surface area contributed by atoms with Gasteiger partial charge in [0.15, 0.2) is 0 Å². The van der Waals surface area contributed by atoms with Crippen LogP contribution in [0, 0.1) is 22.7 Å². The summed E-state index contributed by atoms with van der Waals surface area (Å²) in [5.41, 5.74) is 8.92. The molecule has 2 N–H and O–H groups in total. The van der Waals surface area contributed by atoms with Crippen LogP contribution in [0.4, 0.5) is 5.82 Å². The van der Waals surface area contributed by atoms with Crippen molar-refractivity contribution in [2.45, 2.75) is 10.8 Å². The average molecular weight is 417 g/mol. The van der Waals surface area contributed by atoms with Crippen LogP contribution >= 0.6 is 11.8 Å². The van der Waals surface area contributed by atoms with E-state index in [0.717, 1.165) is 5.56 Å². The number of hydrogen-bond donors (Lipinski definition) is 1. The molecule has 0 aliphatic rings. The van der Waals surface area contributed by atoms with E-state index in [1.165, 1.54) is 11.8 Å². The molecule has 3 aromatic rings. The number of nitriles is 2. The highest BCUT2D eigenvalue weighted by molar-refractivity contribution is 7.98. The van der Waals surface area contributed by atoms with Crippen LogP contribution < -0.4 is 10.5 Å². The molecule has 0 spiro atoms. The van der Waals surface area contributed by atoms with Gasteiger partial charge in [0.05, 0.1) is 12.2 Å². The molecular weight excluding hydrogens is 396 g/mol. The number of methoxy groups -OCH3 is 1. The highest BCUT2D eigenvalue weighted by Gasteiger charge is 2.20. The lowest BCUT2D eigenvalue weighted by Gasteiger charge is -2.13. The van der Waals surface area contributed by atoms with Crippen molar-refractivity contribution >= 4 is 17.6 Å². The van der Waals surface area contributed by atoms with Gasteiger partial charge in [-0.25, -0.2) is 4.98 Å². The highest BCUT2D eigenvalue weighted by Crippen LogP contribution is 2.37. The molecule has 3 rings (SSSR count). The van der Waals surface area contributed by atoms with Crippen molar-refractivity contribution in [1.29, 1.82) is 10.5 Å². The molecule has 2 aromatic carbocycles. The van der Waals surface area contributed by atoms with Crippen LogP contribution in [0.5, 0.6) is 5.75 Å². The van der Waals surface area contributed by atoms with Gasteiger partial charge in [0.1, 0.15) is 40.9 Å². The summed E-state index contributed by atoms with van der Waals surface area (Å²) in [5, 5.41) is 20.0. The van der Waals surface area contributed by atoms with Crippen LogP contribution in [-0.4, -0.2) is 25.3 Å². The summed E-state index contributed by atoms with van der Waals surface area (Å²) in [5.74, 6) is 1.43. The molecule has 30 heavy (non-hydrogen) atoms. The molecule has 0 unspecified atom stereocenters. The number of hydrogen-bond acceptors (Lipinski definition) is 7. The van der Waals surface area contributed by atoms with E-state index in [2.05, 4.69) is 17.1 Å². The molecule has 0 bridgehead atoms. The van der Waals surface area contributed by atoms with Gasteiger partial charge in [-0.1, -0.05) is 42.5 Å². The second-order valence-corrected chi connectivity index (χ2v) is 7.25. The maximum atomic E-state index is 9.87. The third-order valence-electron chi connectivity index (χ3n) is 4.33. The maximum absolute atomic E-state index is 9.87. The zero-order chi connectivity index (χ0) is 21.3. The minimum Gasteiger partial charge on any atom is -0.491 e. The Morgan fingerprint density at radius 3 is 2.30 bits per heavy atom. The van der Waals surface area contributed by atoms with Crippen LogP contribution in [0.3, 0.4) is 0 Å². The van der Waals surface area contributed by atoms with E-state index in [9.17, 15) is 10.5 Å². The lowest BCUT2D eigenvalue weighted by molar-refractivity contribution is 0.146. The third-order valence-corrected chi connectivity index (χ3v) is 5.38. The smallest absolute Gasteiger partial charge is 0.143 e. The Bertz CT molecular complexity index is 1090. The van der Waals surface area contributed by atoms with Crippen LogP contribution in [0.2, 0.25) is 0 Å². The van der Waals surface area contributed by atoms with Crippen molar-refractivity contribution in [3.63, 3.8) is 0 Å². The Kier molecular flexibility index (Phi) is 7.29. The topological polar surface area (TPSA) is 105 Å². The van der Waals surface area contributed by atoms with Crippen LogP contribution in [0.25, 0.3) is 11.1 Å². The lowest BCUT2D eigenvalue weighted by Crippen LogP contribution is -2.05. The van der Waals surface area contributed by atoms with E-state index in [1.807, 2.05) is 42.5 Å².